The lowest BCUT2D eigenvalue weighted by Gasteiger charge is -2.04. The molecule has 1 heterocycles. The van der Waals surface area contributed by atoms with Crippen LogP contribution in [0.25, 0.3) is 0 Å². The Kier molecular flexibility index (Phi) is 4.22. The van der Waals surface area contributed by atoms with Crippen molar-refractivity contribution >= 4 is 17.5 Å². The fourth-order valence-electron chi connectivity index (χ4n) is 1.59. The van der Waals surface area contributed by atoms with Gasteiger partial charge in [-0.05, 0) is 25.1 Å². The molecule has 0 saturated carbocycles. The molecule has 0 radical (unpaired) electrons. The monoisotopic (exact) mass is 281 g/mol. The van der Waals surface area contributed by atoms with Crippen LogP contribution in [-0.2, 0) is 6.54 Å². The van der Waals surface area contributed by atoms with E-state index in [9.17, 15) is 9.18 Å². The van der Waals surface area contributed by atoms with Crippen LogP contribution >= 0.6 is 11.6 Å². The molecule has 0 spiro atoms. The molecule has 0 aliphatic heterocycles. The van der Waals surface area contributed by atoms with Gasteiger partial charge in [-0.1, -0.05) is 18.2 Å². The maximum Gasteiger partial charge on any atom is 0.287 e. The molecule has 1 atom stereocenters. The zero-order valence-corrected chi connectivity index (χ0v) is 11.1. The molecule has 2 rings (SSSR count). The minimum atomic E-state index is -0.396. The maximum atomic E-state index is 13.4. The Bertz CT molecular complexity index is 580. The van der Waals surface area contributed by atoms with Gasteiger partial charge in [0.05, 0.1) is 5.38 Å². The highest BCUT2D eigenvalue weighted by Gasteiger charge is 2.13. The summed E-state index contributed by atoms with van der Waals surface area (Å²) in [7, 11) is 0. The summed E-state index contributed by atoms with van der Waals surface area (Å²) >= 11 is 5.84. The first-order chi connectivity index (χ1) is 9.08. The molecule has 0 fully saturated rings. The van der Waals surface area contributed by atoms with Gasteiger partial charge in [0.2, 0.25) is 0 Å². The molecular formula is C14H13ClFNO2. The number of nitrogens with one attached hydrogen (secondary N) is 1. The topological polar surface area (TPSA) is 42.2 Å². The summed E-state index contributed by atoms with van der Waals surface area (Å²) in [5.41, 5.74) is 0.424. The van der Waals surface area contributed by atoms with E-state index in [1.807, 2.05) is 0 Å². The highest BCUT2D eigenvalue weighted by molar-refractivity contribution is 6.20. The fourth-order valence-corrected chi connectivity index (χ4v) is 1.71. The number of furan rings is 1. The number of carbonyl (C=O) groups excluding carboxylic acids is 1. The van der Waals surface area contributed by atoms with Crippen LogP contribution in [0.4, 0.5) is 4.39 Å². The van der Waals surface area contributed by atoms with Crippen molar-refractivity contribution in [2.75, 3.05) is 0 Å². The first kappa shape index (κ1) is 13.6. The van der Waals surface area contributed by atoms with E-state index < -0.39 is 5.91 Å². The number of hydrogen-bond donors (Lipinski definition) is 1. The van der Waals surface area contributed by atoms with Gasteiger partial charge in [0.15, 0.2) is 5.76 Å². The van der Waals surface area contributed by atoms with Crippen molar-refractivity contribution in [2.45, 2.75) is 18.8 Å². The maximum absolute atomic E-state index is 13.4. The van der Waals surface area contributed by atoms with Gasteiger partial charge in [-0.2, -0.15) is 0 Å². The zero-order valence-electron chi connectivity index (χ0n) is 10.3. The number of benzene rings is 1. The Balaban J connectivity index is 1.99. The summed E-state index contributed by atoms with van der Waals surface area (Å²) in [5, 5.41) is 2.29. The minimum absolute atomic E-state index is 0.109. The zero-order chi connectivity index (χ0) is 13.8. The first-order valence-electron chi connectivity index (χ1n) is 5.83. The first-order valence-corrected chi connectivity index (χ1v) is 6.27. The van der Waals surface area contributed by atoms with Gasteiger partial charge in [-0.25, -0.2) is 4.39 Å². The molecule has 0 aliphatic rings. The molecule has 100 valence electrons. The molecule has 0 bridgehead atoms. The van der Waals surface area contributed by atoms with Crippen LogP contribution < -0.4 is 5.32 Å². The van der Waals surface area contributed by atoms with Crippen molar-refractivity contribution in [1.29, 1.82) is 0 Å². The van der Waals surface area contributed by atoms with E-state index in [0.29, 0.717) is 11.3 Å². The molecule has 2 aromatic rings. The largest absolute Gasteiger partial charge is 0.454 e. The quantitative estimate of drug-likeness (QED) is 0.869. The number of alkyl halides is 1. The second kappa shape index (κ2) is 5.89. The summed E-state index contributed by atoms with van der Waals surface area (Å²) in [6.07, 6.45) is 0. The van der Waals surface area contributed by atoms with E-state index in [-0.39, 0.29) is 23.5 Å². The van der Waals surface area contributed by atoms with E-state index in [1.54, 1.807) is 37.3 Å². The summed E-state index contributed by atoms with van der Waals surface area (Å²) in [5.74, 6) is -0.0549. The molecular weight excluding hydrogens is 269 g/mol. The number of hydrogen-bond acceptors (Lipinski definition) is 2. The Morgan fingerprint density at radius 1 is 1.37 bits per heavy atom. The van der Waals surface area contributed by atoms with Crippen LogP contribution in [0.2, 0.25) is 0 Å². The smallest absolute Gasteiger partial charge is 0.287 e. The van der Waals surface area contributed by atoms with Gasteiger partial charge in [-0.3, -0.25) is 4.79 Å². The van der Waals surface area contributed by atoms with Crippen molar-refractivity contribution in [3.05, 3.63) is 59.3 Å². The number of carbonyl (C=O) groups is 1. The Morgan fingerprint density at radius 3 is 2.74 bits per heavy atom. The highest BCUT2D eigenvalue weighted by atomic mass is 35.5. The van der Waals surface area contributed by atoms with Crippen LogP contribution in [0.5, 0.6) is 0 Å². The standard InChI is InChI=1S/C14H13ClFNO2/c1-9(15)12-6-7-13(19-12)14(18)17-8-10-4-2-3-5-11(10)16/h2-7,9H,8H2,1H3,(H,17,18). The van der Waals surface area contributed by atoms with Crippen LogP contribution in [0.15, 0.2) is 40.8 Å². The molecule has 1 unspecified atom stereocenters. The number of halogens is 2. The third-order valence-electron chi connectivity index (χ3n) is 2.64. The third kappa shape index (κ3) is 3.35. The minimum Gasteiger partial charge on any atom is -0.454 e. The van der Waals surface area contributed by atoms with Gasteiger partial charge in [0.25, 0.3) is 5.91 Å². The summed E-state index contributed by atoms with van der Waals surface area (Å²) in [4.78, 5) is 11.8. The Hall–Kier alpha value is -1.81. The highest BCUT2D eigenvalue weighted by Crippen LogP contribution is 2.21. The van der Waals surface area contributed by atoms with Crippen molar-refractivity contribution < 1.29 is 13.6 Å². The average Bonchev–Trinajstić information content (AvgIpc) is 2.87. The van der Waals surface area contributed by atoms with Crippen LogP contribution in [0.3, 0.4) is 0 Å². The van der Waals surface area contributed by atoms with Crippen molar-refractivity contribution in [3.8, 4) is 0 Å². The van der Waals surface area contributed by atoms with E-state index in [0.717, 1.165) is 0 Å². The lowest BCUT2D eigenvalue weighted by Crippen LogP contribution is -2.22. The van der Waals surface area contributed by atoms with Crippen LogP contribution in [0.1, 0.15) is 34.2 Å². The molecule has 5 heteroatoms. The normalized spacial score (nSPS) is 12.2. The van der Waals surface area contributed by atoms with Gasteiger partial charge in [0.1, 0.15) is 11.6 Å². The lowest BCUT2D eigenvalue weighted by molar-refractivity contribution is 0.0921. The number of amides is 1. The molecule has 0 saturated heterocycles. The molecule has 1 amide bonds. The van der Waals surface area contributed by atoms with Crippen LogP contribution in [0, 0.1) is 5.82 Å². The summed E-state index contributed by atoms with van der Waals surface area (Å²) < 4.78 is 18.6. The van der Waals surface area contributed by atoms with Gasteiger partial charge < -0.3 is 9.73 Å². The molecule has 1 N–H and O–H groups in total. The SMILES string of the molecule is CC(Cl)c1ccc(C(=O)NCc2ccccc2F)o1. The summed E-state index contributed by atoms with van der Waals surface area (Å²) in [6, 6.07) is 9.47. The molecule has 0 aliphatic carbocycles. The van der Waals surface area contributed by atoms with Gasteiger partial charge in [-0.15, -0.1) is 11.6 Å². The fraction of sp³-hybridized carbons (Fsp3) is 0.214. The predicted octanol–water partition coefficient (Wildman–Crippen LogP) is 3.65. The van der Waals surface area contributed by atoms with E-state index in [2.05, 4.69) is 5.32 Å². The second-order valence-electron chi connectivity index (χ2n) is 4.09. The van der Waals surface area contributed by atoms with Gasteiger partial charge >= 0.3 is 0 Å². The predicted molar refractivity (Wildman–Crippen MR) is 70.5 cm³/mol. The molecule has 3 nitrogen and oxygen atoms in total. The average molecular weight is 282 g/mol. The lowest BCUT2D eigenvalue weighted by atomic mass is 10.2. The van der Waals surface area contributed by atoms with Crippen molar-refractivity contribution in [3.63, 3.8) is 0 Å². The molecule has 1 aromatic carbocycles. The van der Waals surface area contributed by atoms with E-state index >= 15 is 0 Å². The third-order valence-corrected chi connectivity index (χ3v) is 2.85. The molecule has 19 heavy (non-hydrogen) atoms. The van der Waals surface area contributed by atoms with Crippen molar-refractivity contribution in [2.24, 2.45) is 0 Å². The Morgan fingerprint density at radius 2 is 2.11 bits per heavy atom. The number of rotatable bonds is 4. The van der Waals surface area contributed by atoms with Crippen molar-refractivity contribution in [1.82, 2.24) is 5.32 Å². The summed E-state index contributed by atoms with van der Waals surface area (Å²) in [6.45, 7) is 1.86. The van der Waals surface area contributed by atoms with Crippen LogP contribution in [-0.4, -0.2) is 5.91 Å². The van der Waals surface area contributed by atoms with E-state index in [4.69, 9.17) is 16.0 Å². The molecule has 1 aromatic heterocycles. The van der Waals surface area contributed by atoms with Gasteiger partial charge in [0, 0.05) is 12.1 Å². The van der Waals surface area contributed by atoms with E-state index in [1.165, 1.54) is 6.07 Å². The second-order valence-corrected chi connectivity index (χ2v) is 4.75. The Labute approximate surface area is 115 Å².